The summed E-state index contributed by atoms with van der Waals surface area (Å²) in [5, 5.41) is 0. The molecule has 0 aromatic heterocycles. The highest BCUT2D eigenvalue weighted by atomic mass is 16.6. The highest BCUT2D eigenvalue weighted by molar-refractivity contribution is 5.71. The Morgan fingerprint density at radius 1 is 1.45 bits per heavy atom. The molecule has 64 valence electrons. The number of hydrogen-bond acceptors (Lipinski definition) is 2. The maximum atomic E-state index is 10.9. The molecule has 2 nitrogen and oxygen atoms in total. The molecule has 0 aliphatic carbocycles. The number of rotatable bonds is 2. The number of carbonyl (C=O) groups is 1. The zero-order chi connectivity index (χ0) is 8.91. The van der Waals surface area contributed by atoms with Crippen LogP contribution in [0.2, 0.25) is 0 Å². The van der Waals surface area contributed by atoms with Gasteiger partial charge in [0.2, 0.25) is 0 Å². The minimum absolute atomic E-state index is 0.171. The van der Waals surface area contributed by atoms with Crippen molar-refractivity contribution in [3.8, 4) is 0 Å². The lowest BCUT2D eigenvalue weighted by molar-refractivity contribution is -0.153. The number of carbonyl (C=O) groups excluding carboxylic acids is 1. The highest BCUT2D eigenvalue weighted by Gasteiger charge is 2.14. The smallest absolute Gasteiger partial charge is 0.310 e. The molecule has 0 bridgehead atoms. The van der Waals surface area contributed by atoms with E-state index in [9.17, 15) is 4.79 Å². The molecule has 0 saturated carbocycles. The molecule has 0 aromatic carbocycles. The minimum Gasteiger partial charge on any atom is -0.460 e. The molecule has 0 amide bonds. The summed E-state index contributed by atoms with van der Waals surface area (Å²) in [5.74, 6) is -0.171. The van der Waals surface area contributed by atoms with Crippen LogP contribution in [0.25, 0.3) is 0 Å². The molecule has 0 spiro atoms. The number of hydrogen-bond donors (Lipinski definition) is 0. The third-order valence-corrected chi connectivity index (χ3v) is 0.940. The van der Waals surface area contributed by atoms with Crippen molar-refractivity contribution in [3.63, 3.8) is 0 Å². The van der Waals surface area contributed by atoms with Crippen LogP contribution >= 0.6 is 0 Å². The summed E-state index contributed by atoms with van der Waals surface area (Å²) in [7, 11) is 0. The summed E-state index contributed by atoms with van der Waals surface area (Å²) >= 11 is 0. The van der Waals surface area contributed by atoms with Crippen molar-refractivity contribution in [2.45, 2.75) is 39.7 Å². The van der Waals surface area contributed by atoms with E-state index in [1.807, 2.05) is 33.8 Å². The van der Waals surface area contributed by atoms with Gasteiger partial charge in [0.15, 0.2) is 0 Å². The van der Waals surface area contributed by atoms with E-state index in [-0.39, 0.29) is 11.6 Å². The number of allylic oxidation sites excluding steroid dienone is 1. The fourth-order valence-electron chi connectivity index (χ4n) is 0.597. The first-order valence-electron chi connectivity index (χ1n) is 3.78. The van der Waals surface area contributed by atoms with Gasteiger partial charge < -0.3 is 4.74 Å². The van der Waals surface area contributed by atoms with E-state index in [0.29, 0.717) is 6.42 Å². The Hall–Kier alpha value is -0.790. The summed E-state index contributed by atoms with van der Waals surface area (Å²) in [5.41, 5.74) is -0.362. The Kier molecular flexibility index (Phi) is 3.86. The zero-order valence-corrected chi connectivity index (χ0v) is 7.68. The monoisotopic (exact) mass is 156 g/mol. The van der Waals surface area contributed by atoms with E-state index in [4.69, 9.17) is 4.74 Å². The molecule has 0 aliphatic heterocycles. The first kappa shape index (κ1) is 10.2. The normalized spacial score (nSPS) is 12.0. The second-order valence-electron chi connectivity index (χ2n) is 3.36. The van der Waals surface area contributed by atoms with Crippen LogP contribution in [-0.4, -0.2) is 11.6 Å². The van der Waals surface area contributed by atoms with Gasteiger partial charge in [-0.15, -0.1) is 0 Å². The van der Waals surface area contributed by atoms with E-state index in [2.05, 4.69) is 0 Å². The molecule has 0 fully saturated rings. The van der Waals surface area contributed by atoms with Crippen LogP contribution in [0.1, 0.15) is 34.1 Å². The Balaban J connectivity index is 3.70. The Bertz CT molecular complexity index is 151. The predicted molar refractivity (Wildman–Crippen MR) is 45.3 cm³/mol. The lowest BCUT2D eigenvalue weighted by atomic mass is 10.2. The molecule has 0 aromatic rings. The molecule has 0 atom stereocenters. The van der Waals surface area contributed by atoms with Gasteiger partial charge in [0.05, 0.1) is 6.42 Å². The fourth-order valence-corrected chi connectivity index (χ4v) is 0.597. The molecule has 0 heterocycles. The van der Waals surface area contributed by atoms with Gasteiger partial charge in [-0.1, -0.05) is 12.2 Å². The highest BCUT2D eigenvalue weighted by Crippen LogP contribution is 2.07. The van der Waals surface area contributed by atoms with E-state index >= 15 is 0 Å². The largest absolute Gasteiger partial charge is 0.460 e. The summed E-state index contributed by atoms with van der Waals surface area (Å²) < 4.78 is 5.05. The second-order valence-corrected chi connectivity index (χ2v) is 3.36. The van der Waals surface area contributed by atoms with E-state index in [0.717, 1.165) is 0 Å². The quantitative estimate of drug-likeness (QED) is 0.453. The van der Waals surface area contributed by atoms with Crippen molar-refractivity contribution in [2.75, 3.05) is 0 Å². The summed E-state index contributed by atoms with van der Waals surface area (Å²) in [4.78, 5) is 10.9. The maximum absolute atomic E-state index is 10.9. The molecule has 2 heteroatoms. The first-order valence-corrected chi connectivity index (χ1v) is 3.78. The van der Waals surface area contributed by atoms with Crippen LogP contribution in [0.4, 0.5) is 0 Å². The maximum Gasteiger partial charge on any atom is 0.310 e. The first-order chi connectivity index (χ1) is 4.95. The van der Waals surface area contributed by atoms with Gasteiger partial charge in [-0.05, 0) is 27.7 Å². The van der Waals surface area contributed by atoms with Gasteiger partial charge in [0.25, 0.3) is 0 Å². The zero-order valence-electron chi connectivity index (χ0n) is 7.68. The van der Waals surface area contributed by atoms with Crippen LogP contribution < -0.4 is 0 Å². The summed E-state index contributed by atoms with van der Waals surface area (Å²) in [6, 6.07) is 0. The topological polar surface area (TPSA) is 26.3 Å². The second kappa shape index (κ2) is 4.16. The van der Waals surface area contributed by atoms with Crippen LogP contribution in [-0.2, 0) is 9.53 Å². The van der Waals surface area contributed by atoms with E-state index in [1.165, 1.54) is 0 Å². The van der Waals surface area contributed by atoms with Crippen molar-refractivity contribution >= 4 is 5.97 Å². The number of esters is 1. The van der Waals surface area contributed by atoms with Crippen molar-refractivity contribution in [3.05, 3.63) is 12.2 Å². The van der Waals surface area contributed by atoms with Gasteiger partial charge in [0, 0.05) is 0 Å². The van der Waals surface area contributed by atoms with Gasteiger partial charge in [0.1, 0.15) is 5.60 Å². The summed E-state index contributed by atoms with van der Waals surface area (Å²) in [6.45, 7) is 7.46. The molecule has 11 heavy (non-hydrogen) atoms. The van der Waals surface area contributed by atoms with Crippen LogP contribution in [0.3, 0.4) is 0 Å². The Morgan fingerprint density at radius 2 is 2.00 bits per heavy atom. The van der Waals surface area contributed by atoms with E-state index in [1.54, 1.807) is 6.08 Å². The SMILES string of the molecule is C/C=C/CC(=O)OC(C)(C)C. The van der Waals surface area contributed by atoms with E-state index < -0.39 is 0 Å². The molecule has 0 saturated heterocycles. The average Bonchev–Trinajstić information content (AvgIpc) is 1.79. The van der Waals surface area contributed by atoms with Crippen LogP contribution in [0.5, 0.6) is 0 Å². The van der Waals surface area contributed by atoms with Crippen molar-refractivity contribution < 1.29 is 9.53 Å². The minimum atomic E-state index is -0.362. The lowest BCUT2D eigenvalue weighted by Gasteiger charge is -2.18. The number of ether oxygens (including phenoxy) is 1. The van der Waals surface area contributed by atoms with Gasteiger partial charge in [-0.3, -0.25) is 4.79 Å². The molecule has 0 rings (SSSR count). The molecule has 0 unspecified atom stereocenters. The van der Waals surface area contributed by atoms with Gasteiger partial charge in [-0.25, -0.2) is 0 Å². The van der Waals surface area contributed by atoms with Crippen molar-refractivity contribution in [2.24, 2.45) is 0 Å². The Labute approximate surface area is 68.2 Å². The molecular formula is C9H16O2. The third-order valence-electron chi connectivity index (χ3n) is 0.940. The van der Waals surface area contributed by atoms with Gasteiger partial charge >= 0.3 is 5.97 Å². The molecule has 0 N–H and O–H groups in total. The Morgan fingerprint density at radius 3 is 2.36 bits per heavy atom. The molecule has 0 radical (unpaired) electrons. The molecular weight excluding hydrogens is 140 g/mol. The lowest BCUT2D eigenvalue weighted by Crippen LogP contribution is -2.23. The van der Waals surface area contributed by atoms with Crippen molar-refractivity contribution in [1.82, 2.24) is 0 Å². The summed E-state index contributed by atoms with van der Waals surface area (Å²) in [6.07, 6.45) is 3.99. The van der Waals surface area contributed by atoms with Gasteiger partial charge in [-0.2, -0.15) is 0 Å². The average molecular weight is 156 g/mol. The third kappa shape index (κ3) is 7.10. The standard InChI is InChI=1S/C9H16O2/c1-5-6-7-8(10)11-9(2,3)4/h5-6H,7H2,1-4H3/b6-5+. The predicted octanol–water partition coefficient (Wildman–Crippen LogP) is 2.29. The van der Waals surface area contributed by atoms with Crippen LogP contribution in [0.15, 0.2) is 12.2 Å². The van der Waals surface area contributed by atoms with Crippen molar-refractivity contribution in [1.29, 1.82) is 0 Å². The fraction of sp³-hybridized carbons (Fsp3) is 0.667. The molecule has 0 aliphatic rings. The van der Waals surface area contributed by atoms with Crippen LogP contribution in [0, 0.1) is 0 Å².